The van der Waals surface area contributed by atoms with Crippen molar-refractivity contribution in [1.29, 1.82) is 0 Å². The van der Waals surface area contributed by atoms with Crippen LogP contribution in [-0.2, 0) is 33.3 Å². The zero-order valence-corrected chi connectivity index (χ0v) is 47.0. The number of carboxylic acid groups (broad SMARTS) is 1. The molecule has 0 bridgehead atoms. The van der Waals surface area contributed by atoms with E-state index in [1.165, 1.54) is 38.5 Å². The second-order valence-corrected chi connectivity index (χ2v) is 19.8. The summed E-state index contributed by atoms with van der Waals surface area (Å²) in [4.78, 5) is 37.3. The number of aliphatic carboxylic acids is 1. The zero-order valence-electron chi connectivity index (χ0n) is 47.0. The smallest absolute Gasteiger partial charge is 0.306 e. The molecule has 2 unspecified atom stereocenters. The molecule has 9 heteroatoms. The molecule has 414 valence electrons. The average molecular weight is 1020 g/mol. The number of quaternary nitrogens is 1. The molecule has 0 saturated heterocycles. The molecule has 0 amide bonds. The summed E-state index contributed by atoms with van der Waals surface area (Å²) in [5.74, 6) is -2.34. The molecule has 0 aromatic carbocycles. The third-order valence-electron chi connectivity index (χ3n) is 11.7. The van der Waals surface area contributed by atoms with Gasteiger partial charge in [0.25, 0.3) is 0 Å². The standard InChI is InChI=1S/C64H105NO8/c1-6-8-10-12-14-16-18-20-22-24-26-28-29-30-31-32-33-35-37-39-41-43-45-47-49-51-53-55-62(67)73-60(59-72-64(63(68)69)70-57-56-65(3,4)5)58-71-61(66)54-52-50-48-46-44-42-40-38-36-34-27-25-23-21-19-17-15-13-11-9-7-2/h8,10,14,16,19-22,25-28,30-31,33,35-36,38-39,41,60,64H,6-7,9,11-13,15,17-18,23-24,29,32,34,37,40,42-59H2,1-5H3/b10-8-,16-14-,21-19-,22-20-,27-25-,28-26-,31-30-,35-33-,38-36-,41-39-. The van der Waals surface area contributed by atoms with Crippen LogP contribution in [0.5, 0.6) is 0 Å². The predicted octanol–water partition coefficient (Wildman–Crippen LogP) is 15.6. The average Bonchev–Trinajstić information content (AvgIpc) is 3.36. The highest BCUT2D eigenvalue weighted by atomic mass is 16.7. The first kappa shape index (κ1) is 68.7. The van der Waals surface area contributed by atoms with E-state index < -0.39 is 24.3 Å². The van der Waals surface area contributed by atoms with Crippen LogP contribution < -0.4 is 5.11 Å². The summed E-state index contributed by atoms with van der Waals surface area (Å²) in [6.07, 6.45) is 72.3. The van der Waals surface area contributed by atoms with Crippen molar-refractivity contribution in [2.75, 3.05) is 47.5 Å². The van der Waals surface area contributed by atoms with Gasteiger partial charge in [-0.2, -0.15) is 0 Å². The number of carboxylic acids is 1. The Morgan fingerprint density at radius 1 is 0.425 bits per heavy atom. The highest BCUT2D eigenvalue weighted by molar-refractivity contribution is 5.70. The van der Waals surface area contributed by atoms with Gasteiger partial charge in [0.2, 0.25) is 0 Å². The van der Waals surface area contributed by atoms with Crippen molar-refractivity contribution < 1.29 is 42.9 Å². The largest absolute Gasteiger partial charge is 0.545 e. The van der Waals surface area contributed by atoms with Gasteiger partial charge in [0.15, 0.2) is 12.4 Å². The minimum atomic E-state index is -1.64. The fraction of sp³-hybridized carbons (Fsp3) is 0.641. The molecule has 0 spiro atoms. The molecule has 0 fully saturated rings. The zero-order chi connectivity index (χ0) is 53.4. The maximum Gasteiger partial charge on any atom is 0.306 e. The first-order valence-electron chi connectivity index (χ1n) is 28.7. The third kappa shape index (κ3) is 55.3. The fourth-order valence-electron chi connectivity index (χ4n) is 7.29. The number of hydrogen-bond donors (Lipinski definition) is 0. The minimum Gasteiger partial charge on any atom is -0.545 e. The number of esters is 2. The lowest BCUT2D eigenvalue weighted by Gasteiger charge is -2.26. The number of likely N-dealkylation sites (N-methyl/N-ethyl adjacent to an activating group) is 1. The van der Waals surface area contributed by atoms with Gasteiger partial charge in [-0.3, -0.25) is 9.59 Å². The van der Waals surface area contributed by atoms with Crippen molar-refractivity contribution >= 4 is 17.9 Å². The van der Waals surface area contributed by atoms with E-state index in [-0.39, 0.29) is 38.6 Å². The Hall–Kier alpha value is -4.31. The third-order valence-corrected chi connectivity index (χ3v) is 11.7. The van der Waals surface area contributed by atoms with Crippen LogP contribution in [0, 0.1) is 0 Å². The van der Waals surface area contributed by atoms with Crippen molar-refractivity contribution in [1.82, 2.24) is 0 Å². The van der Waals surface area contributed by atoms with E-state index in [1.54, 1.807) is 0 Å². The number of ether oxygens (including phenoxy) is 4. The van der Waals surface area contributed by atoms with Gasteiger partial charge in [-0.25, -0.2) is 0 Å². The molecule has 0 rings (SSSR count). The molecule has 0 aromatic heterocycles. The van der Waals surface area contributed by atoms with Gasteiger partial charge in [0.1, 0.15) is 13.2 Å². The van der Waals surface area contributed by atoms with Crippen molar-refractivity contribution in [3.63, 3.8) is 0 Å². The van der Waals surface area contributed by atoms with Crippen LogP contribution in [0.15, 0.2) is 122 Å². The van der Waals surface area contributed by atoms with Gasteiger partial charge in [0, 0.05) is 12.8 Å². The molecule has 0 aliphatic rings. The predicted molar refractivity (Wildman–Crippen MR) is 306 cm³/mol. The molecule has 0 aliphatic heterocycles. The molecule has 0 aliphatic carbocycles. The molecule has 2 atom stereocenters. The molecule has 0 heterocycles. The molecule has 0 N–H and O–H groups in total. The molecule has 0 aromatic rings. The van der Waals surface area contributed by atoms with Gasteiger partial charge < -0.3 is 33.3 Å². The summed E-state index contributed by atoms with van der Waals surface area (Å²) in [7, 11) is 5.90. The van der Waals surface area contributed by atoms with E-state index in [0.29, 0.717) is 23.9 Å². The molecule has 0 saturated carbocycles. The Morgan fingerprint density at radius 2 is 0.781 bits per heavy atom. The van der Waals surface area contributed by atoms with Crippen molar-refractivity contribution in [3.8, 4) is 0 Å². The monoisotopic (exact) mass is 1020 g/mol. The second-order valence-electron chi connectivity index (χ2n) is 19.8. The minimum absolute atomic E-state index is 0.134. The molecule has 9 nitrogen and oxygen atoms in total. The summed E-state index contributed by atoms with van der Waals surface area (Å²) in [6, 6.07) is 0. The van der Waals surface area contributed by atoms with Gasteiger partial charge in [0.05, 0.1) is 40.3 Å². The Labute approximate surface area is 447 Å². The highest BCUT2D eigenvalue weighted by Crippen LogP contribution is 2.13. The van der Waals surface area contributed by atoms with Crippen molar-refractivity contribution in [3.05, 3.63) is 122 Å². The van der Waals surface area contributed by atoms with Gasteiger partial charge in [-0.15, -0.1) is 0 Å². The van der Waals surface area contributed by atoms with E-state index in [2.05, 4.69) is 135 Å². The number of allylic oxidation sites excluding steroid dienone is 20. The van der Waals surface area contributed by atoms with Gasteiger partial charge in [-0.1, -0.05) is 206 Å². The summed E-state index contributed by atoms with van der Waals surface area (Å²) in [5.41, 5.74) is 0. The summed E-state index contributed by atoms with van der Waals surface area (Å²) in [5, 5.41) is 11.8. The Morgan fingerprint density at radius 3 is 1.16 bits per heavy atom. The topological polar surface area (TPSA) is 111 Å². The van der Waals surface area contributed by atoms with Gasteiger partial charge in [-0.05, 0) is 109 Å². The van der Waals surface area contributed by atoms with Crippen LogP contribution in [-0.4, -0.2) is 82.3 Å². The van der Waals surface area contributed by atoms with Crippen molar-refractivity contribution in [2.45, 2.75) is 219 Å². The van der Waals surface area contributed by atoms with Crippen LogP contribution in [0.4, 0.5) is 0 Å². The lowest BCUT2D eigenvalue weighted by atomic mass is 10.1. The Balaban J connectivity index is 4.38. The summed E-state index contributed by atoms with van der Waals surface area (Å²) >= 11 is 0. The number of rotatable bonds is 51. The van der Waals surface area contributed by atoms with Crippen molar-refractivity contribution in [2.24, 2.45) is 0 Å². The number of nitrogens with zero attached hydrogens (tertiary/aromatic N) is 1. The molecular weight excluding hydrogens is 911 g/mol. The number of carbonyl (C=O) groups is 3. The number of carbonyl (C=O) groups excluding carboxylic acids is 3. The highest BCUT2D eigenvalue weighted by Gasteiger charge is 2.22. The first-order chi connectivity index (χ1) is 35.6. The van der Waals surface area contributed by atoms with Gasteiger partial charge >= 0.3 is 11.9 Å². The summed E-state index contributed by atoms with van der Waals surface area (Å²) in [6.45, 7) is 4.56. The number of unbranched alkanes of at least 4 members (excludes halogenated alkanes) is 16. The summed E-state index contributed by atoms with van der Waals surface area (Å²) < 4.78 is 22.6. The van der Waals surface area contributed by atoms with E-state index in [9.17, 15) is 19.5 Å². The van der Waals surface area contributed by atoms with E-state index in [4.69, 9.17) is 18.9 Å². The lowest BCUT2D eigenvalue weighted by molar-refractivity contribution is -0.870. The quantitative estimate of drug-likeness (QED) is 0.0195. The van der Waals surface area contributed by atoms with Crippen LogP contribution in [0.25, 0.3) is 0 Å². The SMILES string of the molecule is CC/C=C\C/C=C\C/C=C\C/C=C\C/C=C\C/C=C\C/C=C\CCCCCCCC(=O)OC(COC(=O)CCCCCCCC/C=C\C/C=C\C/C=C\CCCCCCC)COC(OCC[N+](C)(C)C)C(=O)[O-]. The van der Waals surface area contributed by atoms with Crippen LogP contribution >= 0.6 is 0 Å². The molecule has 0 radical (unpaired) electrons. The van der Waals surface area contributed by atoms with Crippen LogP contribution in [0.2, 0.25) is 0 Å². The Kier molecular flexibility index (Phi) is 50.8. The van der Waals surface area contributed by atoms with E-state index in [0.717, 1.165) is 128 Å². The first-order valence-corrected chi connectivity index (χ1v) is 28.7. The van der Waals surface area contributed by atoms with Crippen LogP contribution in [0.3, 0.4) is 0 Å². The number of hydrogen-bond acceptors (Lipinski definition) is 8. The maximum atomic E-state index is 12.9. The fourth-order valence-corrected chi connectivity index (χ4v) is 7.29. The molecule has 73 heavy (non-hydrogen) atoms. The lowest BCUT2D eigenvalue weighted by Crippen LogP contribution is -2.44. The second kappa shape index (κ2) is 54.0. The molecular formula is C64H105NO8. The normalized spacial score (nSPS) is 13.7. The van der Waals surface area contributed by atoms with E-state index in [1.807, 2.05) is 21.1 Å². The maximum absolute atomic E-state index is 12.9. The van der Waals surface area contributed by atoms with E-state index >= 15 is 0 Å². The Bertz CT molecular complexity index is 1610. The van der Waals surface area contributed by atoms with Crippen LogP contribution in [0.1, 0.15) is 206 Å².